The molecule has 3 rings (SSSR count). The SMILES string of the molecule is CN1[C@@H]2CC=C(c3cnccn3)[C@H]1CC2. The summed E-state index contributed by atoms with van der Waals surface area (Å²) in [5, 5.41) is 0. The van der Waals surface area contributed by atoms with Crippen LogP contribution in [0.2, 0.25) is 0 Å². The molecule has 1 aromatic rings. The molecule has 2 atom stereocenters. The molecule has 2 aliphatic rings. The van der Waals surface area contributed by atoms with Crippen molar-refractivity contribution in [2.75, 3.05) is 7.05 Å². The normalized spacial score (nSPS) is 30.3. The van der Waals surface area contributed by atoms with Gasteiger partial charge in [0.25, 0.3) is 0 Å². The van der Waals surface area contributed by atoms with Crippen molar-refractivity contribution in [1.82, 2.24) is 14.9 Å². The summed E-state index contributed by atoms with van der Waals surface area (Å²) < 4.78 is 0. The molecule has 0 N–H and O–H groups in total. The van der Waals surface area contributed by atoms with E-state index >= 15 is 0 Å². The molecule has 3 nitrogen and oxygen atoms in total. The van der Waals surface area contributed by atoms with Crippen LogP contribution in [0.3, 0.4) is 0 Å². The predicted molar refractivity (Wildman–Crippen MR) is 59.2 cm³/mol. The van der Waals surface area contributed by atoms with Crippen molar-refractivity contribution in [3.05, 3.63) is 30.4 Å². The van der Waals surface area contributed by atoms with E-state index in [-0.39, 0.29) is 0 Å². The monoisotopic (exact) mass is 201 g/mol. The molecule has 1 aromatic heterocycles. The number of aromatic nitrogens is 2. The molecule has 1 fully saturated rings. The minimum atomic E-state index is 0.570. The van der Waals surface area contributed by atoms with Crippen molar-refractivity contribution in [3.8, 4) is 0 Å². The van der Waals surface area contributed by atoms with Crippen LogP contribution < -0.4 is 0 Å². The molecule has 2 bridgehead atoms. The first kappa shape index (κ1) is 9.04. The largest absolute Gasteiger partial charge is 0.296 e. The maximum Gasteiger partial charge on any atom is 0.0857 e. The second-order valence-electron chi connectivity index (χ2n) is 4.40. The molecule has 1 saturated heterocycles. The molecule has 0 unspecified atom stereocenters. The summed E-state index contributed by atoms with van der Waals surface area (Å²) in [6.45, 7) is 0. The number of nitrogens with zero attached hydrogens (tertiary/aromatic N) is 3. The second-order valence-corrected chi connectivity index (χ2v) is 4.40. The summed E-state index contributed by atoms with van der Waals surface area (Å²) in [5.41, 5.74) is 2.43. The first-order chi connectivity index (χ1) is 7.36. The van der Waals surface area contributed by atoms with Gasteiger partial charge < -0.3 is 0 Å². The predicted octanol–water partition coefficient (Wildman–Crippen LogP) is 1.73. The number of likely N-dealkylation sites (N-methyl/N-ethyl adjacent to an activating group) is 1. The average Bonchev–Trinajstić information content (AvgIpc) is 2.54. The summed E-state index contributed by atoms with van der Waals surface area (Å²) in [4.78, 5) is 11.0. The lowest BCUT2D eigenvalue weighted by Gasteiger charge is -2.31. The van der Waals surface area contributed by atoms with Gasteiger partial charge in [-0.05, 0) is 31.9 Å². The molecule has 2 aliphatic heterocycles. The third-order valence-electron chi connectivity index (χ3n) is 3.67. The summed E-state index contributed by atoms with van der Waals surface area (Å²) in [7, 11) is 2.23. The zero-order chi connectivity index (χ0) is 10.3. The first-order valence-electron chi connectivity index (χ1n) is 5.54. The maximum atomic E-state index is 4.40. The van der Waals surface area contributed by atoms with Gasteiger partial charge >= 0.3 is 0 Å². The Labute approximate surface area is 89.8 Å². The van der Waals surface area contributed by atoms with Gasteiger partial charge in [-0.3, -0.25) is 14.9 Å². The van der Waals surface area contributed by atoms with Crippen molar-refractivity contribution >= 4 is 5.57 Å². The second kappa shape index (κ2) is 3.42. The van der Waals surface area contributed by atoms with E-state index in [2.05, 4.69) is 28.0 Å². The van der Waals surface area contributed by atoms with Crippen LogP contribution in [0.1, 0.15) is 25.0 Å². The van der Waals surface area contributed by atoms with Crippen LogP contribution in [0.4, 0.5) is 0 Å². The molecule has 0 spiro atoms. The third kappa shape index (κ3) is 1.38. The fraction of sp³-hybridized carbons (Fsp3) is 0.500. The van der Waals surface area contributed by atoms with Crippen molar-refractivity contribution in [2.24, 2.45) is 0 Å². The van der Waals surface area contributed by atoms with E-state index in [0.717, 1.165) is 11.7 Å². The van der Waals surface area contributed by atoms with Crippen LogP contribution in [-0.4, -0.2) is 34.0 Å². The van der Waals surface area contributed by atoms with Gasteiger partial charge in [0.1, 0.15) is 0 Å². The zero-order valence-corrected chi connectivity index (χ0v) is 8.93. The first-order valence-corrected chi connectivity index (χ1v) is 5.54. The molecule has 15 heavy (non-hydrogen) atoms. The lowest BCUT2D eigenvalue weighted by Crippen LogP contribution is -2.35. The summed E-state index contributed by atoms with van der Waals surface area (Å²) in [6, 6.07) is 1.33. The molecule has 3 heterocycles. The van der Waals surface area contributed by atoms with Crippen molar-refractivity contribution in [2.45, 2.75) is 31.3 Å². The summed E-state index contributed by atoms with van der Waals surface area (Å²) in [6.07, 6.45) is 11.5. The highest BCUT2D eigenvalue weighted by Gasteiger charge is 2.36. The van der Waals surface area contributed by atoms with Gasteiger partial charge in [0.2, 0.25) is 0 Å². The van der Waals surface area contributed by atoms with Crippen LogP contribution in [0, 0.1) is 0 Å². The average molecular weight is 201 g/mol. The molecule has 3 heteroatoms. The third-order valence-corrected chi connectivity index (χ3v) is 3.67. The quantitative estimate of drug-likeness (QED) is 0.693. The van der Waals surface area contributed by atoms with Gasteiger partial charge in [-0.1, -0.05) is 6.08 Å². The highest BCUT2D eigenvalue weighted by molar-refractivity contribution is 5.68. The smallest absolute Gasteiger partial charge is 0.0857 e. The van der Waals surface area contributed by atoms with E-state index in [1.54, 1.807) is 12.4 Å². The maximum absolute atomic E-state index is 4.40. The highest BCUT2D eigenvalue weighted by Crippen LogP contribution is 2.37. The lowest BCUT2D eigenvalue weighted by atomic mass is 9.99. The molecule has 0 saturated carbocycles. The van der Waals surface area contributed by atoms with Gasteiger partial charge in [0.05, 0.1) is 11.9 Å². The fourth-order valence-electron chi connectivity index (χ4n) is 2.79. The van der Waals surface area contributed by atoms with E-state index in [4.69, 9.17) is 0 Å². The lowest BCUT2D eigenvalue weighted by molar-refractivity contribution is 0.267. The summed E-state index contributed by atoms with van der Waals surface area (Å²) >= 11 is 0. The van der Waals surface area contributed by atoms with E-state index in [9.17, 15) is 0 Å². The van der Waals surface area contributed by atoms with Crippen LogP contribution in [0.5, 0.6) is 0 Å². The van der Waals surface area contributed by atoms with Gasteiger partial charge in [-0.25, -0.2) is 0 Å². The fourth-order valence-corrected chi connectivity index (χ4v) is 2.79. The number of hydrogen-bond donors (Lipinski definition) is 0. The Bertz CT molecular complexity index is 385. The Hall–Kier alpha value is -1.22. The molecule has 0 amide bonds. The molecular weight excluding hydrogens is 186 g/mol. The molecular formula is C12H15N3. The van der Waals surface area contributed by atoms with Crippen molar-refractivity contribution < 1.29 is 0 Å². The van der Waals surface area contributed by atoms with Crippen LogP contribution in [0.15, 0.2) is 24.7 Å². The number of fused-ring (bicyclic) bond motifs is 2. The van der Waals surface area contributed by atoms with E-state index in [1.165, 1.54) is 24.8 Å². The Balaban J connectivity index is 1.97. The molecule has 78 valence electrons. The Kier molecular flexibility index (Phi) is 2.06. The van der Waals surface area contributed by atoms with Gasteiger partial charge in [-0.2, -0.15) is 0 Å². The topological polar surface area (TPSA) is 29.0 Å². The zero-order valence-electron chi connectivity index (χ0n) is 8.93. The summed E-state index contributed by atoms with van der Waals surface area (Å²) in [5.74, 6) is 0. The van der Waals surface area contributed by atoms with Crippen LogP contribution >= 0.6 is 0 Å². The van der Waals surface area contributed by atoms with Crippen molar-refractivity contribution in [1.29, 1.82) is 0 Å². The van der Waals surface area contributed by atoms with Gasteiger partial charge in [-0.15, -0.1) is 0 Å². The Morgan fingerprint density at radius 2 is 2.27 bits per heavy atom. The molecule has 0 aliphatic carbocycles. The standard InChI is InChI=1S/C12H15N3/c1-15-9-2-4-10(12(15)5-3-9)11-8-13-6-7-14-11/h4,6-9,12H,2-3,5H2,1H3/t9-,12-/m1/s1. The Morgan fingerprint density at radius 3 is 3.07 bits per heavy atom. The highest BCUT2D eigenvalue weighted by atomic mass is 15.2. The molecule has 0 aromatic carbocycles. The number of hydrogen-bond acceptors (Lipinski definition) is 3. The van der Waals surface area contributed by atoms with Crippen LogP contribution in [0.25, 0.3) is 5.57 Å². The van der Waals surface area contributed by atoms with Gasteiger partial charge in [0.15, 0.2) is 0 Å². The van der Waals surface area contributed by atoms with Gasteiger partial charge in [0, 0.05) is 24.5 Å². The van der Waals surface area contributed by atoms with E-state index in [0.29, 0.717) is 6.04 Å². The van der Waals surface area contributed by atoms with E-state index < -0.39 is 0 Å². The van der Waals surface area contributed by atoms with E-state index in [1.807, 2.05) is 6.20 Å². The minimum Gasteiger partial charge on any atom is -0.296 e. The van der Waals surface area contributed by atoms with Crippen molar-refractivity contribution in [3.63, 3.8) is 0 Å². The van der Waals surface area contributed by atoms with Crippen LogP contribution in [-0.2, 0) is 0 Å². The molecule has 0 radical (unpaired) electrons. The Morgan fingerprint density at radius 1 is 1.33 bits per heavy atom. The number of rotatable bonds is 1. The minimum absolute atomic E-state index is 0.570.